The molecule has 3 N–H and O–H groups in total. The first kappa shape index (κ1) is 14.8. The Morgan fingerprint density at radius 1 is 1.45 bits per heavy atom. The van der Waals surface area contributed by atoms with Crippen molar-refractivity contribution in [2.24, 2.45) is 0 Å². The molecule has 20 heavy (non-hydrogen) atoms. The number of anilines is 1. The van der Waals surface area contributed by atoms with Crippen LogP contribution < -0.4 is 10.5 Å². The SMILES string of the molecule is COCC(C)(C)NS(=O)(=O)c1c(N)nc2ccccn12. The van der Waals surface area contributed by atoms with E-state index in [0.717, 1.165) is 0 Å². The zero-order chi connectivity index (χ0) is 15.0. The van der Waals surface area contributed by atoms with Gasteiger partial charge >= 0.3 is 0 Å². The molecular formula is C12H18N4O3S. The first-order chi connectivity index (χ1) is 9.27. The summed E-state index contributed by atoms with van der Waals surface area (Å²) in [6.45, 7) is 3.70. The van der Waals surface area contributed by atoms with Gasteiger partial charge in [0.05, 0.1) is 12.1 Å². The summed E-state index contributed by atoms with van der Waals surface area (Å²) >= 11 is 0. The van der Waals surface area contributed by atoms with Crippen molar-refractivity contribution >= 4 is 21.5 Å². The van der Waals surface area contributed by atoms with E-state index in [0.29, 0.717) is 5.65 Å². The minimum Gasteiger partial charge on any atom is -0.383 e. The highest BCUT2D eigenvalue weighted by atomic mass is 32.2. The Morgan fingerprint density at radius 2 is 2.15 bits per heavy atom. The molecule has 7 nitrogen and oxygen atoms in total. The lowest BCUT2D eigenvalue weighted by atomic mass is 10.1. The van der Waals surface area contributed by atoms with Crippen LogP contribution in [0.1, 0.15) is 13.8 Å². The molecule has 0 aliphatic carbocycles. The van der Waals surface area contributed by atoms with Crippen LogP contribution in [0.5, 0.6) is 0 Å². The monoisotopic (exact) mass is 298 g/mol. The molecule has 0 radical (unpaired) electrons. The summed E-state index contributed by atoms with van der Waals surface area (Å²) < 4.78 is 34.0. The molecule has 2 rings (SSSR count). The number of nitrogens with two attached hydrogens (primary N) is 1. The summed E-state index contributed by atoms with van der Waals surface area (Å²) in [5, 5.41) is -0.0581. The van der Waals surface area contributed by atoms with Gasteiger partial charge < -0.3 is 10.5 Å². The highest BCUT2D eigenvalue weighted by Crippen LogP contribution is 2.21. The first-order valence-corrected chi connectivity index (χ1v) is 7.51. The quantitative estimate of drug-likeness (QED) is 0.843. The summed E-state index contributed by atoms with van der Waals surface area (Å²) in [4.78, 5) is 4.05. The second kappa shape index (κ2) is 5.04. The predicted octanol–water partition coefficient (Wildman–Crippen LogP) is 0.620. The van der Waals surface area contributed by atoms with E-state index >= 15 is 0 Å². The van der Waals surface area contributed by atoms with Crippen LogP contribution in [-0.2, 0) is 14.8 Å². The topological polar surface area (TPSA) is 98.7 Å². The Balaban J connectivity index is 2.50. The number of sulfonamides is 1. The van der Waals surface area contributed by atoms with Crippen molar-refractivity contribution in [1.82, 2.24) is 14.1 Å². The number of ether oxygens (including phenoxy) is 1. The maximum Gasteiger partial charge on any atom is 0.260 e. The van der Waals surface area contributed by atoms with E-state index in [-0.39, 0.29) is 17.5 Å². The van der Waals surface area contributed by atoms with Crippen molar-refractivity contribution in [2.45, 2.75) is 24.4 Å². The normalized spacial score (nSPS) is 12.9. The molecule has 0 fully saturated rings. The molecule has 2 aromatic rings. The Morgan fingerprint density at radius 3 is 2.80 bits per heavy atom. The van der Waals surface area contributed by atoms with Gasteiger partial charge in [-0.1, -0.05) is 6.07 Å². The number of imidazole rings is 1. The number of hydrogen-bond acceptors (Lipinski definition) is 5. The van der Waals surface area contributed by atoms with Crippen molar-refractivity contribution in [1.29, 1.82) is 0 Å². The molecule has 2 aromatic heterocycles. The predicted molar refractivity (Wildman–Crippen MR) is 75.9 cm³/mol. The van der Waals surface area contributed by atoms with Gasteiger partial charge in [0.1, 0.15) is 5.65 Å². The van der Waals surface area contributed by atoms with Gasteiger partial charge in [-0.25, -0.2) is 18.1 Å². The zero-order valence-electron chi connectivity index (χ0n) is 11.6. The van der Waals surface area contributed by atoms with Gasteiger partial charge in [-0.05, 0) is 26.0 Å². The minimum atomic E-state index is -3.81. The van der Waals surface area contributed by atoms with Crippen LogP contribution >= 0.6 is 0 Å². The zero-order valence-corrected chi connectivity index (χ0v) is 12.4. The number of nitrogens with one attached hydrogen (secondary N) is 1. The van der Waals surface area contributed by atoms with Crippen molar-refractivity contribution < 1.29 is 13.2 Å². The lowest BCUT2D eigenvalue weighted by Crippen LogP contribution is -2.47. The van der Waals surface area contributed by atoms with E-state index < -0.39 is 15.6 Å². The molecule has 0 aliphatic heterocycles. The van der Waals surface area contributed by atoms with Crippen LogP contribution in [0.3, 0.4) is 0 Å². The van der Waals surface area contributed by atoms with Crippen molar-refractivity contribution in [2.75, 3.05) is 19.5 Å². The summed E-state index contributed by atoms with van der Waals surface area (Å²) in [5.41, 5.74) is 5.48. The second-order valence-corrected chi connectivity index (χ2v) is 6.75. The van der Waals surface area contributed by atoms with Gasteiger partial charge in [-0.3, -0.25) is 4.40 Å². The van der Waals surface area contributed by atoms with E-state index in [1.165, 1.54) is 11.5 Å². The second-order valence-electron chi connectivity index (χ2n) is 5.15. The number of hydrogen-bond donors (Lipinski definition) is 2. The van der Waals surface area contributed by atoms with E-state index in [9.17, 15) is 8.42 Å². The highest BCUT2D eigenvalue weighted by molar-refractivity contribution is 7.89. The molecule has 110 valence electrons. The fourth-order valence-electron chi connectivity index (χ4n) is 2.06. The average Bonchev–Trinajstić information content (AvgIpc) is 2.63. The lowest BCUT2D eigenvalue weighted by molar-refractivity contribution is 0.141. The maximum absolute atomic E-state index is 12.5. The number of methoxy groups -OCH3 is 1. The van der Waals surface area contributed by atoms with Crippen molar-refractivity contribution in [3.8, 4) is 0 Å². The number of nitrogens with zero attached hydrogens (tertiary/aromatic N) is 2. The fraction of sp³-hybridized carbons (Fsp3) is 0.417. The molecule has 0 aliphatic rings. The van der Waals surface area contributed by atoms with Gasteiger partial charge in [-0.2, -0.15) is 0 Å². The third kappa shape index (κ3) is 2.77. The molecule has 0 saturated heterocycles. The van der Waals surface area contributed by atoms with Crippen LogP contribution in [0.25, 0.3) is 5.65 Å². The third-order valence-electron chi connectivity index (χ3n) is 2.68. The van der Waals surface area contributed by atoms with Gasteiger partial charge in [0.2, 0.25) is 0 Å². The molecule has 0 atom stereocenters. The Labute approximate surface area is 117 Å². The summed E-state index contributed by atoms with van der Waals surface area (Å²) in [6, 6.07) is 5.17. The molecule has 2 heterocycles. The third-order valence-corrected chi connectivity index (χ3v) is 4.42. The summed E-state index contributed by atoms with van der Waals surface area (Å²) in [6.07, 6.45) is 1.61. The minimum absolute atomic E-state index is 0.0306. The molecule has 0 unspecified atom stereocenters. The Hall–Kier alpha value is -1.64. The molecule has 0 aromatic carbocycles. The van der Waals surface area contributed by atoms with Crippen molar-refractivity contribution in [3.63, 3.8) is 0 Å². The van der Waals surface area contributed by atoms with Gasteiger partial charge in [0.25, 0.3) is 10.0 Å². The van der Waals surface area contributed by atoms with E-state index in [1.807, 2.05) is 0 Å². The first-order valence-electron chi connectivity index (χ1n) is 6.02. The van der Waals surface area contributed by atoms with Crippen LogP contribution in [-0.4, -0.2) is 37.1 Å². The maximum atomic E-state index is 12.5. The number of pyridine rings is 1. The van der Waals surface area contributed by atoms with Crippen LogP contribution in [0.2, 0.25) is 0 Å². The summed E-state index contributed by atoms with van der Waals surface area (Å²) in [5.74, 6) is -0.0306. The standard InChI is InChI=1S/C12H18N4O3S/c1-12(2,8-19-3)15-20(17,18)11-10(13)14-9-6-4-5-7-16(9)11/h4-7,15H,8,13H2,1-3H3. The molecule has 0 amide bonds. The number of rotatable bonds is 5. The van der Waals surface area contributed by atoms with Crippen LogP contribution in [0.4, 0.5) is 5.82 Å². The van der Waals surface area contributed by atoms with E-state index in [4.69, 9.17) is 10.5 Å². The Kier molecular flexibility index (Phi) is 3.72. The Bertz CT molecular complexity index is 721. The molecule has 0 saturated carbocycles. The highest BCUT2D eigenvalue weighted by Gasteiger charge is 2.30. The number of aromatic nitrogens is 2. The molecule has 0 bridgehead atoms. The lowest BCUT2D eigenvalue weighted by Gasteiger charge is -2.24. The number of nitrogen functional groups attached to an aromatic ring is 1. The molecular weight excluding hydrogens is 280 g/mol. The summed E-state index contributed by atoms with van der Waals surface area (Å²) in [7, 11) is -2.30. The fourth-order valence-corrected chi connectivity index (χ4v) is 3.68. The van der Waals surface area contributed by atoms with Crippen molar-refractivity contribution in [3.05, 3.63) is 24.4 Å². The van der Waals surface area contributed by atoms with Crippen LogP contribution in [0, 0.1) is 0 Å². The number of fused-ring (bicyclic) bond motifs is 1. The largest absolute Gasteiger partial charge is 0.383 e. The smallest absolute Gasteiger partial charge is 0.260 e. The van der Waals surface area contributed by atoms with E-state index in [1.54, 1.807) is 38.2 Å². The van der Waals surface area contributed by atoms with Gasteiger partial charge in [0, 0.05) is 13.3 Å². The van der Waals surface area contributed by atoms with Crippen LogP contribution in [0.15, 0.2) is 29.4 Å². The van der Waals surface area contributed by atoms with Gasteiger partial charge in [0.15, 0.2) is 10.8 Å². The molecule has 8 heteroatoms. The van der Waals surface area contributed by atoms with Gasteiger partial charge in [-0.15, -0.1) is 0 Å². The van der Waals surface area contributed by atoms with E-state index in [2.05, 4.69) is 9.71 Å². The average molecular weight is 298 g/mol. The molecule has 0 spiro atoms.